The number of fused-ring (bicyclic) bond motifs is 3. The Morgan fingerprint density at radius 2 is 1.36 bits per heavy atom. The molecule has 1 saturated heterocycles. The zero-order chi connectivity index (χ0) is 28.7. The summed E-state index contributed by atoms with van der Waals surface area (Å²) in [4.78, 5) is 2.47. The van der Waals surface area contributed by atoms with Gasteiger partial charge in [0.25, 0.3) is 0 Å². The summed E-state index contributed by atoms with van der Waals surface area (Å²) in [5.41, 5.74) is 7.15. The lowest BCUT2D eigenvalue weighted by molar-refractivity contribution is 0.161. The largest absolute Gasteiger partial charge is 0.493 e. The van der Waals surface area contributed by atoms with E-state index in [4.69, 9.17) is 14.2 Å². The van der Waals surface area contributed by atoms with Crippen LogP contribution in [-0.2, 0) is 5.60 Å². The smallest absolute Gasteiger partial charge is 0.178 e. The molecular formula is C38H35NO3. The van der Waals surface area contributed by atoms with Crippen LogP contribution < -0.4 is 19.1 Å². The van der Waals surface area contributed by atoms with E-state index in [1.54, 1.807) is 14.2 Å². The van der Waals surface area contributed by atoms with Gasteiger partial charge in [0.1, 0.15) is 5.75 Å². The first-order valence-electron chi connectivity index (χ1n) is 14.7. The van der Waals surface area contributed by atoms with Crippen LogP contribution in [0.4, 0.5) is 5.69 Å². The Morgan fingerprint density at radius 3 is 2.02 bits per heavy atom. The Balaban J connectivity index is 1.43. The molecule has 1 fully saturated rings. The number of rotatable bonds is 6. The first kappa shape index (κ1) is 26.2. The van der Waals surface area contributed by atoms with Crippen LogP contribution >= 0.6 is 0 Å². The summed E-state index contributed by atoms with van der Waals surface area (Å²) >= 11 is 0. The van der Waals surface area contributed by atoms with Gasteiger partial charge in [-0.25, -0.2) is 0 Å². The minimum absolute atomic E-state index is 0.694. The molecule has 0 N–H and O–H groups in total. The Bertz CT molecular complexity index is 1770. The van der Waals surface area contributed by atoms with Crippen molar-refractivity contribution in [1.82, 2.24) is 0 Å². The number of anilines is 1. The van der Waals surface area contributed by atoms with E-state index in [2.05, 4.69) is 121 Å². The second-order valence-corrected chi connectivity index (χ2v) is 11.2. The standard InChI is InChI=1S/C38H35NO3/c1-26-11-13-27(14-12-26)32-23-35-31(33-24-36(40-2)37(41-3)25-34(32)33)19-20-38(42-35,28-9-5-4-6-10-28)29-15-17-30(18-16-29)39-21-7-8-22-39/h4-6,9-20,23-25H,7-8,21-22H2,1-3H3. The number of nitrogens with zero attached hydrogens (tertiary/aromatic N) is 1. The molecule has 2 aliphatic heterocycles. The SMILES string of the molecule is COc1cc2c(-c3ccc(C)cc3)cc3c(c2cc1OC)C=CC(c1ccccc1)(c1ccc(N2CCCC2)cc1)O3. The molecule has 0 radical (unpaired) electrons. The number of hydrogen-bond acceptors (Lipinski definition) is 4. The van der Waals surface area contributed by atoms with Gasteiger partial charge in [0.2, 0.25) is 0 Å². The Labute approximate surface area is 247 Å². The van der Waals surface area contributed by atoms with E-state index in [0.29, 0.717) is 11.5 Å². The molecule has 0 aromatic heterocycles. The molecule has 0 aliphatic carbocycles. The summed E-state index contributed by atoms with van der Waals surface area (Å²) in [5.74, 6) is 2.23. The van der Waals surface area contributed by atoms with E-state index < -0.39 is 5.60 Å². The lowest BCUT2D eigenvalue weighted by atomic mass is 9.82. The molecule has 5 aromatic rings. The molecule has 5 aromatic carbocycles. The van der Waals surface area contributed by atoms with Gasteiger partial charge in [-0.05, 0) is 84.1 Å². The van der Waals surface area contributed by atoms with Crippen molar-refractivity contribution in [3.8, 4) is 28.4 Å². The maximum absolute atomic E-state index is 7.21. The lowest BCUT2D eigenvalue weighted by Gasteiger charge is -2.37. The Kier molecular flexibility index (Phi) is 6.62. The topological polar surface area (TPSA) is 30.9 Å². The Morgan fingerprint density at radius 1 is 0.714 bits per heavy atom. The maximum Gasteiger partial charge on any atom is 0.178 e. The van der Waals surface area contributed by atoms with E-state index in [1.807, 2.05) is 0 Å². The summed E-state index contributed by atoms with van der Waals surface area (Å²) in [6, 6.07) is 34.4. The first-order valence-corrected chi connectivity index (χ1v) is 14.7. The highest BCUT2D eigenvalue weighted by atomic mass is 16.5. The average molecular weight is 554 g/mol. The maximum atomic E-state index is 7.21. The van der Waals surface area contributed by atoms with Gasteiger partial charge in [-0.15, -0.1) is 0 Å². The highest BCUT2D eigenvalue weighted by Gasteiger charge is 2.38. The number of aryl methyl sites for hydroxylation is 1. The number of benzene rings is 5. The number of ether oxygens (including phenoxy) is 3. The van der Waals surface area contributed by atoms with Crippen LogP contribution in [0.25, 0.3) is 28.0 Å². The van der Waals surface area contributed by atoms with Crippen LogP contribution in [0.3, 0.4) is 0 Å². The van der Waals surface area contributed by atoms with Crippen molar-refractivity contribution in [2.75, 3.05) is 32.2 Å². The molecule has 4 nitrogen and oxygen atoms in total. The predicted octanol–water partition coefficient (Wildman–Crippen LogP) is 8.78. The van der Waals surface area contributed by atoms with Crippen LogP contribution in [0.5, 0.6) is 17.2 Å². The second kappa shape index (κ2) is 10.6. The van der Waals surface area contributed by atoms with E-state index in [9.17, 15) is 0 Å². The van der Waals surface area contributed by atoms with Crippen LogP contribution in [0.2, 0.25) is 0 Å². The van der Waals surface area contributed by atoms with Crippen LogP contribution in [0.1, 0.15) is 35.1 Å². The van der Waals surface area contributed by atoms with Crippen LogP contribution in [-0.4, -0.2) is 27.3 Å². The third-order valence-corrected chi connectivity index (χ3v) is 8.73. The van der Waals surface area contributed by atoms with E-state index >= 15 is 0 Å². The van der Waals surface area contributed by atoms with Gasteiger partial charge in [0.05, 0.1) is 14.2 Å². The second-order valence-electron chi connectivity index (χ2n) is 11.2. The molecule has 210 valence electrons. The van der Waals surface area contributed by atoms with Gasteiger partial charge in [0.15, 0.2) is 17.1 Å². The Hall–Kier alpha value is -4.70. The molecule has 0 amide bonds. The molecule has 0 saturated carbocycles. The van der Waals surface area contributed by atoms with E-state index in [-0.39, 0.29) is 0 Å². The van der Waals surface area contributed by atoms with Gasteiger partial charge < -0.3 is 19.1 Å². The molecule has 2 heterocycles. The van der Waals surface area contributed by atoms with Gasteiger partial charge in [-0.3, -0.25) is 0 Å². The first-order chi connectivity index (χ1) is 20.6. The van der Waals surface area contributed by atoms with Gasteiger partial charge >= 0.3 is 0 Å². The number of methoxy groups -OCH3 is 2. The van der Waals surface area contributed by atoms with E-state index in [1.165, 1.54) is 24.1 Å². The fraction of sp³-hybridized carbons (Fsp3) is 0.211. The minimum atomic E-state index is -0.771. The van der Waals surface area contributed by atoms with Crippen molar-refractivity contribution in [3.63, 3.8) is 0 Å². The fourth-order valence-electron chi connectivity index (χ4n) is 6.44. The summed E-state index contributed by atoms with van der Waals surface area (Å²) < 4.78 is 18.7. The molecule has 0 spiro atoms. The molecule has 1 unspecified atom stereocenters. The fourth-order valence-corrected chi connectivity index (χ4v) is 6.44. The molecule has 42 heavy (non-hydrogen) atoms. The summed E-state index contributed by atoms with van der Waals surface area (Å²) in [7, 11) is 3.36. The van der Waals surface area contributed by atoms with Gasteiger partial charge in [-0.1, -0.05) is 72.3 Å². The lowest BCUT2D eigenvalue weighted by Crippen LogP contribution is -2.34. The quantitative estimate of drug-likeness (QED) is 0.210. The highest BCUT2D eigenvalue weighted by molar-refractivity contribution is 6.05. The summed E-state index contributed by atoms with van der Waals surface area (Å²) in [5, 5.41) is 2.15. The number of hydrogen-bond donors (Lipinski definition) is 0. The molecule has 0 bridgehead atoms. The summed E-state index contributed by atoms with van der Waals surface area (Å²) in [6.07, 6.45) is 6.93. The van der Waals surface area contributed by atoms with Crippen molar-refractivity contribution in [2.24, 2.45) is 0 Å². The molecule has 4 heteroatoms. The zero-order valence-electron chi connectivity index (χ0n) is 24.4. The highest BCUT2D eigenvalue weighted by Crippen LogP contribution is 2.48. The average Bonchev–Trinajstić information content (AvgIpc) is 3.60. The normalized spacial score (nSPS) is 17.6. The van der Waals surface area contributed by atoms with Crippen LogP contribution in [0.15, 0.2) is 103 Å². The summed E-state index contributed by atoms with van der Waals surface area (Å²) in [6.45, 7) is 4.35. The third-order valence-electron chi connectivity index (χ3n) is 8.73. The third kappa shape index (κ3) is 4.39. The van der Waals surface area contributed by atoms with E-state index in [0.717, 1.165) is 57.4 Å². The predicted molar refractivity (Wildman–Crippen MR) is 172 cm³/mol. The van der Waals surface area contributed by atoms with Crippen molar-refractivity contribution in [1.29, 1.82) is 0 Å². The van der Waals surface area contributed by atoms with Crippen LogP contribution in [0, 0.1) is 6.92 Å². The zero-order valence-corrected chi connectivity index (χ0v) is 24.4. The van der Waals surface area contributed by atoms with Crippen molar-refractivity contribution in [3.05, 3.63) is 125 Å². The minimum Gasteiger partial charge on any atom is -0.493 e. The van der Waals surface area contributed by atoms with Gasteiger partial charge in [-0.2, -0.15) is 0 Å². The molecule has 1 atom stereocenters. The van der Waals surface area contributed by atoms with Gasteiger partial charge in [0, 0.05) is 35.5 Å². The van der Waals surface area contributed by atoms with Crippen molar-refractivity contribution >= 4 is 22.5 Å². The molecular weight excluding hydrogens is 518 g/mol. The molecule has 7 rings (SSSR count). The van der Waals surface area contributed by atoms with Crippen molar-refractivity contribution in [2.45, 2.75) is 25.4 Å². The van der Waals surface area contributed by atoms with Crippen molar-refractivity contribution < 1.29 is 14.2 Å². The monoisotopic (exact) mass is 553 g/mol. The molecule has 2 aliphatic rings.